The normalized spacial score (nSPS) is 10.6. The summed E-state index contributed by atoms with van der Waals surface area (Å²) in [5.41, 5.74) is 2.48. The minimum Gasteiger partial charge on any atom is -0.337 e. The first-order valence-corrected chi connectivity index (χ1v) is 8.30. The Morgan fingerprint density at radius 2 is 2.00 bits per heavy atom. The molecule has 0 bridgehead atoms. The number of imidazole rings is 1. The number of aromatic nitrogens is 4. The summed E-state index contributed by atoms with van der Waals surface area (Å²) in [5.74, 6) is 0.873. The highest BCUT2D eigenvalue weighted by molar-refractivity contribution is 5.95. The van der Waals surface area contributed by atoms with Gasteiger partial charge in [-0.1, -0.05) is 19.1 Å². The van der Waals surface area contributed by atoms with Gasteiger partial charge in [0.15, 0.2) is 0 Å². The lowest BCUT2D eigenvalue weighted by atomic mass is 10.1. The van der Waals surface area contributed by atoms with Gasteiger partial charge in [-0.15, -0.1) is 0 Å². The first-order valence-electron chi connectivity index (χ1n) is 8.30. The van der Waals surface area contributed by atoms with Gasteiger partial charge in [-0.05, 0) is 24.1 Å². The van der Waals surface area contributed by atoms with Crippen molar-refractivity contribution in [3.63, 3.8) is 0 Å². The van der Waals surface area contributed by atoms with Crippen molar-refractivity contribution in [3.8, 4) is 11.1 Å². The minimum absolute atomic E-state index is 0.00329. The van der Waals surface area contributed by atoms with E-state index in [4.69, 9.17) is 0 Å². The average Bonchev–Trinajstić information content (AvgIpc) is 3.06. The van der Waals surface area contributed by atoms with Crippen LogP contribution in [0.5, 0.6) is 0 Å². The molecule has 128 valence electrons. The molecule has 0 saturated carbocycles. The van der Waals surface area contributed by atoms with E-state index in [2.05, 4.69) is 21.9 Å². The first-order chi connectivity index (χ1) is 12.2. The van der Waals surface area contributed by atoms with E-state index >= 15 is 0 Å². The van der Waals surface area contributed by atoms with E-state index in [0.29, 0.717) is 18.7 Å². The van der Waals surface area contributed by atoms with E-state index < -0.39 is 0 Å². The largest absolute Gasteiger partial charge is 0.337 e. The second-order valence-corrected chi connectivity index (χ2v) is 5.89. The maximum atomic E-state index is 13.0. The molecule has 0 unspecified atom stereocenters. The summed E-state index contributed by atoms with van der Waals surface area (Å²) in [5, 5.41) is 0. The van der Waals surface area contributed by atoms with Gasteiger partial charge in [0.1, 0.15) is 12.2 Å². The third-order valence-corrected chi connectivity index (χ3v) is 4.04. The van der Waals surface area contributed by atoms with Gasteiger partial charge >= 0.3 is 0 Å². The predicted molar refractivity (Wildman–Crippen MR) is 95.7 cm³/mol. The summed E-state index contributed by atoms with van der Waals surface area (Å²) in [6.45, 7) is 3.25. The molecule has 25 heavy (non-hydrogen) atoms. The predicted octanol–water partition coefficient (Wildman–Crippen LogP) is 2.93. The molecule has 3 aromatic rings. The molecule has 0 aliphatic rings. The summed E-state index contributed by atoms with van der Waals surface area (Å²) >= 11 is 0. The molecule has 0 saturated heterocycles. The first kappa shape index (κ1) is 16.8. The lowest BCUT2D eigenvalue weighted by Crippen LogP contribution is -2.32. The number of hydrogen-bond donors (Lipinski definition) is 0. The lowest BCUT2D eigenvalue weighted by molar-refractivity contribution is 0.0737. The van der Waals surface area contributed by atoms with Crippen LogP contribution in [0.2, 0.25) is 0 Å². The van der Waals surface area contributed by atoms with Crippen molar-refractivity contribution in [2.45, 2.75) is 19.9 Å². The van der Waals surface area contributed by atoms with Gasteiger partial charge in [0, 0.05) is 49.5 Å². The van der Waals surface area contributed by atoms with E-state index in [1.54, 1.807) is 18.6 Å². The van der Waals surface area contributed by atoms with Crippen molar-refractivity contribution in [3.05, 3.63) is 66.8 Å². The number of nitrogens with zero attached hydrogens (tertiary/aromatic N) is 5. The molecule has 6 heteroatoms. The number of hydrogen-bond acceptors (Lipinski definition) is 4. The second kappa shape index (κ2) is 7.70. The molecule has 0 aliphatic heterocycles. The molecular weight excluding hydrogens is 314 g/mol. The molecule has 0 spiro atoms. The number of aryl methyl sites for hydroxylation is 1. The smallest absolute Gasteiger partial charge is 0.254 e. The molecule has 3 rings (SSSR count). The Hall–Kier alpha value is -3.02. The minimum atomic E-state index is 0.00329. The van der Waals surface area contributed by atoms with Crippen molar-refractivity contribution >= 4 is 5.91 Å². The monoisotopic (exact) mass is 335 g/mol. The fourth-order valence-corrected chi connectivity index (χ4v) is 2.70. The van der Waals surface area contributed by atoms with E-state index in [0.717, 1.165) is 23.4 Å². The van der Waals surface area contributed by atoms with Crippen LogP contribution in [0.25, 0.3) is 11.1 Å². The Balaban J connectivity index is 1.86. The SMILES string of the molecule is CCCN(Cc1nccn1C)C(=O)c1cccc(-c2cncnc2)c1. The van der Waals surface area contributed by atoms with Crippen LogP contribution in [0.15, 0.2) is 55.4 Å². The van der Waals surface area contributed by atoms with Gasteiger partial charge in [0.05, 0.1) is 6.54 Å². The Bertz CT molecular complexity index is 844. The molecule has 1 aromatic carbocycles. The summed E-state index contributed by atoms with van der Waals surface area (Å²) in [6.07, 6.45) is 9.51. The summed E-state index contributed by atoms with van der Waals surface area (Å²) < 4.78 is 1.94. The molecule has 1 amide bonds. The fourth-order valence-electron chi connectivity index (χ4n) is 2.70. The maximum absolute atomic E-state index is 13.0. The third-order valence-electron chi connectivity index (χ3n) is 4.04. The molecule has 0 fully saturated rings. The van der Waals surface area contributed by atoms with E-state index in [9.17, 15) is 4.79 Å². The van der Waals surface area contributed by atoms with Gasteiger partial charge in [0.2, 0.25) is 0 Å². The van der Waals surface area contributed by atoms with Crippen molar-refractivity contribution in [1.29, 1.82) is 0 Å². The molecular formula is C19H21N5O. The Morgan fingerprint density at radius 3 is 2.68 bits per heavy atom. The van der Waals surface area contributed by atoms with Gasteiger partial charge in [-0.2, -0.15) is 0 Å². The number of amides is 1. The van der Waals surface area contributed by atoms with Crippen molar-refractivity contribution in [2.75, 3.05) is 6.54 Å². The van der Waals surface area contributed by atoms with Gasteiger partial charge in [-0.3, -0.25) is 4.79 Å². The van der Waals surface area contributed by atoms with Crippen LogP contribution in [0.3, 0.4) is 0 Å². The summed E-state index contributed by atoms with van der Waals surface area (Å²) in [7, 11) is 1.94. The zero-order valence-corrected chi connectivity index (χ0v) is 14.5. The molecule has 0 N–H and O–H groups in total. The fraction of sp³-hybridized carbons (Fsp3) is 0.263. The Morgan fingerprint density at radius 1 is 1.20 bits per heavy atom. The zero-order valence-electron chi connectivity index (χ0n) is 14.5. The van der Waals surface area contributed by atoms with Crippen molar-refractivity contribution in [2.24, 2.45) is 7.05 Å². The number of carbonyl (C=O) groups excluding carboxylic acids is 1. The lowest BCUT2D eigenvalue weighted by Gasteiger charge is -2.22. The highest BCUT2D eigenvalue weighted by Gasteiger charge is 2.17. The van der Waals surface area contributed by atoms with E-state index in [1.165, 1.54) is 6.33 Å². The Labute approximate surface area is 147 Å². The molecule has 0 atom stereocenters. The third kappa shape index (κ3) is 3.91. The van der Waals surface area contributed by atoms with Gasteiger partial charge in [0.25, 0.3) is 5.91 Å². The van der Waals surface area contributed by atoms with E-state index in [-0.39, 0.29) is 5.91 Å². The number of rotatable bonds is 6. The molecule has 0 aliphatic carbocycles. The van der Waals surface area contributed by atoms with Crippen LogP contribution >= 0.6 is 0 Å². The quantitative estimate of drug-likeness (QED) is 0.695. The number of benzene rings is 1. The number of carbonyl (C=O) groups is 1. The van der Waals surface area contributed by atoms with Crippen molar-refractivity contribution < 1.29 is 4.79 Å². The zero-order chi connectivity index (χ0) is 17.6. The standard InChI is InChI=1S/C19H21N5O/c1-3-8-24(13-18-22-7-9-23(18)2)19(25)16-6-4-5-15(10-16)17-11-20-14-21-12-17/h4-7,9-12,14H,3,8,13H2,1-2H3. The maximum Gasteiger partial charge on any atom is 0.254 e. The van der Waals surface area contributed by atoms with E-state index in [1.807, 2.05) is 47.0 Å². The summed E-state index contributed by atoms with van der Waals surface area (Å²) in [6, 6.07) is 7.58. The molecule has 0 radical (unpaired) electrons. The molecule has 6 nitrogen and oxygen atoms in total. The second-order valence-electron chi connectivity index (χ2n) is 5.89. The highest BCUT2D eigenvalue weighted by Crippen LogP contribution is 2.20. The topological polar surface area (TPSA) is 63.9 Å². The average molecular weight is 335 g/mol. The van der Waals surface area contributed by atoms with Crippen LogP contribution < -0.4 is 0 Å². The van der Waals surface area contributed by atoms with Gasteiger partial charge in [-0.25, -0.2) is 15.0 Å². The van der Waals surface area contributed by atoms with Crippen LogP contribution in [0.1, 0.15) is 29.5 Å². The molecule has 2 heterocycles. The van der Waals surface area contributed by atoms with Crippen LogP contribution in [-0.4, -0.2) is 36.9 Å². The van der Waals surface area contributed by atoms with Crippen molar-refractivity contribution in [1.82, 2.24) is 24.4 Å². The highest BCUT2D eigenvalue weighted by atomic mass is 16.2. The van der Waals surface area contributed by atoms with Crippen LogP contribution in [-0.2, 0) is 13.6 Å². The van der Waals surface area contributed by atoms with Gasteiger partial charge < -0.3 is 9.47 Å². The summed E-state index contributed by atoms with van der Waals surface area (Å²) in [4.78, 5) is 27.3. The van der Waals surface area contributed by atoms with Crippen LogP contribution in [0, 0.1) is 0 Å². The molecule has 2 aromatic heterocycles. The Kier molecular flexibility index (Phi) is 5.18. The van der Waals surface area contributed by atoms with Crippen LogP contribution in [0.4, 0.5) is 0 Å².